The summed E-state index contributed by atoms with van der Waals surface area (Å²) in [5, 5.41) is 0. The maximum absolute atomic E-state index is 13.9. The number of aliphatic imine (C=N–C) groups is 1. The molecule has 3 rings (SSSR count). The molecule has 136 valence electrons. The van der Waals surface area contributed by atoms with E-state index in [-0.39, 0.29) is 23.9 Å². The van der Waals surface area contributed by atoms with E-state index in [0.717, 1.165) is 0 Å². The summed E-state index contributed by atoms with van der Waals surface area (Å²) in [6.45, 7) is 0.0408. The van der Waals surface area contributed by atoms with Crippen LogP contribution < -0.4 is 14.2 Å². The van der Waals surface area contributed by atoms with Crippen molar-refractivity contribution in [3.05, 3.63) is 53.3 Å². The molecule has 0 aromatic heterocycles. The first-order chi connectivity index (χ1) is 12.6. The standard InChI is InChI=1S/C19H18FNO5/c1-23-15-8-11(9-16(24-2)18(15)25-3)17(22)14-10-26-19(21-14)12-6-4-5-7-13(12)20/h4-9,14H,10H2,1-3H3. The number of rotatable bonds is 6. The molecule has 0 saturated carbocycles. The van der Waals surface area contributed by atoms with E-state index in [2.05, 4.69) is 4.99 Å². The van der Waals surface area contributed by atoms with Crippen molar-refractivity contribution in [2.24, 2.45) is 4.99 Å². The van der Waals surface area contributed by atoms with Gasteiger partial charge in [-0.25, -0.2) is 9.38 Å². The minimum atomic E-state index is -0.771. The van der Waals surface area contributed by atoms with Crippen LogP contribution in [0.4, 0.5) is 4.39 Å². The Bertz CT molecular complexity index is 840. The van der Waals surface area contributed by atoms with Crippen molar-refractivity contribution in [3.8, 4) is 17.2 Å². The Morgan fingerprint density at radius 2 is 1.77 bits per heavy atom. The summed E-state index contributed by atoms with van der Waals surface area (Å²) in [4.78, 5) is 17.1. The molecule has 1 aliphatic heterocycles. The molecule has 0 fully saturated rings. The van der Waals surface area contributed by atoms with Gasteiger partial charge >= 0.3 is 0 Å². The Labute approximate surface area is 150 Å². The number of carbonyl (C=O) groups is 1. The van der Waals surface area contributed by atoms with Crippen molar-refractivity contribution >= 4 is 11.7 Å². The molecule has 0 N–H and O–H groups in total. The van der Waals surface area contributed by atoms with Crippen LogP contribution in [0, 0.1) is 5.82 Å². The van der Waals surface area contributed by atoms with Crippen LogP contribution in [0.15, 0.2) is 41.4 Å². The van der Waals surface area contributed by atoms with Crippen LogP contribution >= 0.6 is 0 Å². The fourth-order valence-electron chi connectivity index (χ4n) is 2.71. The summed E-state index contributed by atoms with van der Waals surface area (Å²) in [6.07, 6.45) is 0. The van der Waals surface area contributed by atoms with Gasteiger partial charge in [0.25, 0.3) is 0 Å². The van der Waals surface area contributed by atoms with Crippen LogP contribution in [0.2, 0.25) is 0 Å². The highest BCUT2D eigenvalue weighted by Crippen LogP contribution is 2.38. The first-order valence-electron chi connectivity index (χ1n) is 7.88. The molecule has 0 radical (unpaired) electrons. The van der Waals surface area contributed by atoms with Crippen LogP contribution in [-0.4, -0.2) is 45.7 Å². The van der Waals surface area contributed by atoms with Crippen LogP contribution in [0.5, 0.6) is 17.2 Å². The summed E-state index contributed by atoms with van der Waals surface area (Å²) < 4.78 is 35.1. The van der Waals surface area contributed by atoms with Crippen LogP contribution in [-0.2, 0) is 4.74 Å². The predicted molar refractivity (Wildman–Crippen MR) is 93.1 cm³/mol. The zero-order valence-electron chi connectivity index (χ0n) is 14.6. The highest BCUT2D eigenvalue weighted by molar-refractivity contribution is 6.05. The largest absolute Gasteiger partial charge is 0.493 e. The molecule has 1 aliphatic rings. The van der Waals surface area contributed by atoms with Crippen molar-refractivity contribution < 1.29 is 28.1 Å². The van der Waals surface area contributed by atoms with Gasteiger partial charge in [-0.05, 0) is 24.3 Å². The van der Waals surface area contributed by atoms with E-state index < -0.39 is 11.9 Å². The summed E-state index contributed by atoms with van der Waals surface area (Å²) in [5.74, 6) is 0.515. The summed E-state index contributed by atoms with van der Waals surface area (Å²) >= 11 is 0. The van der Waals surface area contributed by atoms with E-state index in [1.165, 1.54) is 27.4 Å². The molecule has 1 heterocycles. The Morgan fingerprint density at radius 1 is 1.12 bits per heavy atom. The minimum Gasteiger partial charge on any atom is -0.493 e. The number of hydrogen-bond acceptors (Lipinski definition) is 6. The normalized spacial score (nSPS) is 15.8. The van der Waals surface area contributed by atoms with E-state index in [1.54, 1.807) is 30.3 Å². The van der Waals surface area contributed by atoms with Gasteiger partial charge in [0.1, 0.15) is 12.4 Å². The second-order valence-electron chi connectivity index (χ2n) is 5.52. The molecule has 2 aromatic carbocycles. The molecule has 6 nitrogen and oxygen atoms in total. The zero-order valence-corrected chi connectivity index (χ0v) is 14.6. The second kappa shape index (κ2) is 7.43. The van der Waals surface area contributed by atoms with Gasteiger partial charge in [-0.3, -0.25) is 4.79 Å². The smallest absolute Gasteiger partial charge is 0.220 e. The lowest BCUT2D eigenvalue weighted by Crippen LogP contribution is -2.20. The molecule has 0 aliphatic carbocycles. The number of hydrogen-bond donors (Lipinski definition) is 0. The van der Waals surface area contributed by atoms with Gasteiger partial charge in [0.2, 0.25) is 11.6 Å². The van der Waals surface area contributed by atoms with Gasteiger partial charge in [-0.15, -0.1) is 0 Å². The van der Waals surface area contributed by atoms with Gasteiger partial charge in [0.15, 0.2) is 23.3 Å². The number of ether oxygens (including phenoxy) is 4. The van der Waals surface area contributed by atoms with Gasteiger partial charge in [0, 0.05) is 5.56 Å². The fourth-order valence-corrected chi connectivity index (χ4v) is 2.71. The topological polar surface area (TPSA) is 66.4 Å². The molecular formula is C19H18FNO5. The lowest BCUT2D eigenvalue weighted by molar-refractivity contribution is 0.0947. The number of methoxy groups -OCH3 is 3. The molecule has 0 spiro atoms. The van der Waals surface area contributed by atoms with Gasteiger partial charge in [0.05, 0.1) is 26.9 Å². The molecule has 0 amide bonds. The SMILES string of the molecule is COc1cc(C(=O)C2COC(c3ccccc3F)=N2)cc(OC)c1OC. The van der Waals surface area contributed by atoms with E-state index >= 15 is 0 Å². The third-order valence-corrected chi connectivity index (χ3v) is 4.01. The number of halogens is 1. The van der Waals surface area contributed by atoms with E-state index in [9.17, 15) is 9.18 Å². The van der Waals surface area contributed by atoms with Crippen molar-refractivity contribution in [2.75, 3.05) is 27.9 Å². The Morgan fingerprint density at radius 3 is 2.35 bits per heavy atom. The number of Topliss-reactive ketones (excluding diaryl/α,β-unsaturated/α-hetero) is 1. The van der Waals surface area contributed by atoms with E-state index in [4.69, 9.17) is 18.9 Å². The monoisotopic (exact) mass is 359 g/mol. The van der Waals surface area contributed by atoms with Crippen LogP contribution in [0.1, 0.15) is 15.9 Å². The Hall–Kier alpha value is -3.09. The van der Waals surface area contributed by atoms with Gasteiger partial charge in [-0.2, -0.15) is 0 Å². The Balaban J connectivity index is 1.92. The molecular weight excluding hydrogens is 341 g/mol. The number of benzene rings is 2. The van der Waals surface area contributed by atoms with E-state index in [1.807, 2.05) is 0 Å². The number of ketones is 1. The number of nitrogens with zero attached hydrogens (tertiary/aromatic N) is 1. The summed E-state index contributed by atoms with van der Waals surface area (Å²) in [7, 11) is 4.43. The molecule has 1 unspecified atom stereocenters. The first-order valence-corrected chi connectivity index (χ1v) is 7.88. The maximum Gasteiger partial charge on any atom is 0.220 e. The van der Waals surface area contributed by atoms with Crippen molar-refractivity contribution in [2.45, 2.75) is 6.04 Å². The quantitative estimate of drug-likeness (QED) is 0.742. The molecule has 0 saturated heterocycles. The van der Waals surface area contributed by atoms with Crippen molar-refractivity contribution in [1.29, 1.82) is 0 Å². The predicted octanol–water partition coefficient (Wildman–Crippen LogP) is 2.88. The van der Waals surface area contributed by atoms with Gasteiger partial charge < -0.3 is 18.9 Å². The van der Waals surface area contributed by atoms with Gasteiger partial charge in [-0.1, -0.05) is 12.1 Å². The molecule has 2 aromatic rings. The lowest BCUT2D eigenvalue weighted by atomic mass is 10.0. The van der Waals surface area contributed by atoms with Crippen molar-refractivity contribution in [3.63, 3.8) is 0 Å². The average Bonchev–Trinajstić information content (AvgIpc) is 3.16. The number of carbonyl (C=O) groups excluding carboxylic acids is 1. The first kappa shape index (κ1) is 17.7. The summed E-state index contributed by atoms with van der Waals surface area (Å²) in [5.41, 5.74) is 0.569. The summed E-state index contributed by atoms with van der Waals surface area (Å²) in [6, 6.07) is 8.47. The third-order valence-electron chi connectivity index (χ3n) is 4.01. The molecule has 7 heteroatoms. The zero-order chi connectivity index (χ0) is 18.7. The highest BCUT2D eigenvalue weighted by atomic mass is 19.1. The van der Waals surface area contributed by atoms with Crippen molar-refractivity contribution in [1.82, 2.24) is 0 Å². The minimum absolute atomic E-state index is 0.0408. The van der Waals surface area contributed by atoms with E-state index in [0.29, 0.717) is 22.8 Å². The fraction of sp³-hybridized carbons (Fsp3) is 0.263. The average molecular weight is 359 g/mol. The lowest BCUT2D eigenvalue weighted by Gasteiger charge is -2.14. The maximum atomic E-state index is 13.9. The second-order valence-corrected chi connectivity index (χ2v) is 5.52. The molecule has 0 bridgehead atoms. The van der Waals surface area contributed by atoms with Crippen LogP contribution in [0.25, 0.3) is 0 Å². The van der Waals surface area contributed by atoms with Crippen LogP contribution in [0.3, 0.4) is 0 Å². The molecule has 1 atom stereocenters. The molecule has 26 heavy (non-hydrogen) atoms. The Kier molecular flexibility index (Phi) is 5.06. The highest BCUT2D eigenvalue weighted by Gasteiger charge is 2.30. The third kappa shape index (κ3) is 3.20.